The maximum atomic E-state index is 11.9. The van der Waals surface area contributed by atoms with E-state index >= 15 is 0 Å². The van der Waals surface area contributed by atoms with Crippen LogP contribution in [0.25, 0.3) is 0 Å². The van der Waals surface area contributed by atoms with E-state index in [4.69, 9.17) is 5.26 Å². The predicted molar refractivity (Wildman–Crippen MR) is 64.2 cm³/mol. The minimum absolute atomic E-state index is 0.152. The summed E-state index contributed by atoms with van der Waals surface area (Å²) in [5.74, 6) is -0.702. The molecular weight excluding hydrogens is 254 g/mol. The van der Waals surface area contributed by atoms with Crippen LogP contribution in [0.3, 0.4) is 0 Å². The van der Waals surface area contributed by atoms with Crippen molar-refractivity contribution in [3.63, 3.8) is 0 Å². The first kappa shape index (κ1) is 12.6. The Morgan fingerprint density at radius 3 is 2.56 bits per heavy atom. The third-order valence-corrected chi connectivity index (χ3v) is 5.46. The van der Waals surface area contributed by atoms with Crippen LogP contribution in [0.1, 0.15) is 35.9 Å². The zero-order valence-corrected chi connectivity index (χ0v) is 10.9. The summed E-state index contributed by atoms with van der Waals surface area (Å²) in [5, 5.41) is 8.76. The van der Waals surface area contributed by atoms with Crippen molar-refractivity contribution in [2.24, 2.45) is 7.05 Å². The molecule has 96 valence electrons. The van der Waals surface area contributed by atoms with Crippen LogP contribution in [-0.2, 0) is 17.1 Å². The maximum Gasteiger partial charge on any atom is 0.281 e. The van der Waals surface area contributed by atoms with Crippen LogP contribution in [0, 0.1) is 11.3 Å². The first-order valence-electron chi connectivity index (χ1n) is 5.43. The van der Waals surface area contributed by atoms with Crippen molar-refractivity contribution < 1.29 is 13.2 Å². The SMILES string of the molecule is Cn1c(C#N)ccc1C(=O)NS(=O)(=O)C1(C)CC1. The lowest BCUT2D eigenvalue weighted by molar-refractivity contribution is 0.0973. The molecule has 1 saturated carbocycles. The smallest absolute Gasteiger partial charge is 0.281 e. The van der Waals surface area contributed by atoms with Gasteiger partial charge in [-0.3, -0.25) is 4.79 Å². The number of rotatable bonds is 3. The van der Waals surface area contributed by atoms with Crippen molar-refractivity contribution in [1.29, 1.82) is 5.26 Å². The van der Waals surface area contributed by atoms with Crippen molar-refractivity contribution in [1.82, 2.24) is 9.29 Å². The van der Waals surface area contributed by atoms with Crippen molar-refractivity contribution in [3.05, 3.63) is 23.5 Å². The van der Waals surface area contributed by atoms with Gasteiger partial charge < -0.3 is 4.57 Å². The number of carbonyl (C=O) groups is 1. The van der Waals surface area contributed by atoms with Gasteiger partial charge in [-0.15, -0.1) is 0 Å². The number of amides is 1. The van der Waals surface area contributed by atoms with Gasteiger partial charge in [-0.2, -0.15) is 5.26 Å². The molecule has 1 fully saturated rings. The van der Waals surface area contributed by atoms with Crippen LogP contribution in [0.5, 0.6) is 0 Å². The summed E-state index contributed by atoms with van der Waals surface area (Å²) in [5.41, 5.74) is 0.453. The van der Waals surface area contributed by atoms with Crippen molar-refractivity contribution >= 4 is 15.9 Å². The number of hydrogen-bond acceptors (Lipinski definition) is 4. The van der Waals surface area contributed by atoms with E-state index in [0.717, 1.165) is 0 Å². The van der Waals surface area contributed by atoms with Gasteiger partial charge in [0.25, 0.3) is 5.91 Å². The summed E-state index contributed by atoms with van der Waals surface area (Å²) in [7, 11) is -2.10. The highest BCUT2D eigenvalue weighted by Gasteiger charge is 2.50. The van der Waals surface area contributed by atoms with E-state index in [1.54, 1.807) is 14.0 Å². The van der Waals surface area contributed by atoms with Crippen LogP contribution in [0.2, 0.25) is 0 Å². The molecule has 0 bridgehead atoms. The quantitative estimate of drug-likeness (QED) is 0.863. The second-order valence-corrected chi connectivity index (χ2v) is 6.86. The van der Waals surface area contributed by atoms with Crippen molar-refractivity contribution in [3.8, 4) is 6.07 Å². The summed E-state index contributed by atoms with van der Waals surface area (Å²) >= 11 is 0. The molecule has 7 heteroatoms. The van der Waals surface area contributed by atoms with E-state index in [2.05, 4.69) is 4.72 Å². The Balaban J connectivity index is 2.24. The second-order valence-electron chi connectivity index (χ2n) is 4.66. The number of carbonyl (C=O) groups excluding carboxylic acids is 1. The van der Waals surface area contributed by atoms with Crippen LogP contribution in [0.4, 0.5) is 0 Å². The highest BCUT2D eigenvalue weighted by molar-refractivity contribution is 7.91. The van der Waals surface area contributed by atoms with Crippen LogP contribution >= 0.6 is 0 Å². The summed E-state index contributed by atoms with van der Waals surface area (Å²) < 4.78 is 26.3. The number of aromatic nitrogens is 1. The summed E-state index contributed by atoms with van der Waals surface area (Å²) in [6.45, 7) is 1.61. The molecule has 1 amide bonds. The maximum absolute atomic E-state index is 11.9. The molecule has 18 heavy (non-hydrogen) atoms. The number of nitriles is 1. The first-order valence-corrected chi connectivity index (χ1v) is 6.91. The summed E-state index contributed by atoms with van der Waals surface area (Å²) in [4.78, 5) is 11.9. The van der Waals surface area contributed by atoms with Gasteiger partial charge in [-0.1, -0.05) is 0 Å². The fraction of sp³-hybridized carbons (Fsp3) is 0.455. The minimum Gasteiger partial charge on any atom is -0.331 e. The van der Waals surface area contributed by atoms with Crippen molar-refractivity contribution in [2.75, 3.05) is 0 Å². The molecule has 0 saturated heterocycles. The third kappa shape index (κ3) is 1.88. The van der Waals surface area contributed by atoms with E-state index in [0.29, 0.717) is 18.5 Å². The molecule has 1 aliphatic carbocycles. The molecule has 0 aromatic carbocycles. The fourth-order valence-corrected chi connectivity index (χ4v) is 2.83. The van der Waals surface area contributed by atoms with Crippen LogP contribution < -0.4 is 4.72 Å². The molecule has 0 spiro atoms. The lowest BCUT2D eigenvalue weighted by Gasteiger charge is -2.12. The molecule has 1 aromatic rings. The second kappa shape index (κ2) is 3.85. The van der Waals surface area contributed by atoms with Gasteiger partial charge in [-0.25, -0.2) is 13.1 Å². The van der Waals surface area contributed by atoms with Gasteiger partial charge in [0.2, 0.25) is 10.0 Å². The molecule has 1 aliphatic rings. The molecule has 0 unspecified atom stereocenters. The summed E-state index contributed by atoms with van der Waals surface area (Å²) in [6.07, 6.45) is 1.12. The number of hydrogen-bond donors (Lipinski definition) is 1. The van der Waals surface area contributed by atoms with Gasteiger partial charge in [0.05, 0.1) is 4.75 Å². The van der Waals surface area contributed by atoms with Gasteiger partial charge >= 0.3 is 0 Å². The molecule has 1 N–H and O–H groups in total. The minimum atomic E-state index is -3.64. The normalized spacial score (nSPS) is 16.9. The lowest BCUT2D eigenvalue weighted by Crippen LogP contribution is -2.39. The number of nitrogens with one attached hydrogen (secondary N) is 1. The first-order chi connectivity index (χ1) is 8.31. The average Bonchev–Trinajstić information content (AvgIpc) is 2.92. The van der Waals surface area contributed by atoms with Crippen LogP contribution in [-0.4, -0.2) is 23.6 Å². The Labute approximate surface area is 105 Å². The highest BCUT2D eigenvalue weighted by atomic mass is 32.2. The Morgan fingerprint density at radius 2 is 2.11 bits per heavy atom. The molecule has 0 atom stereocenters. The monoisotopic (exact) mass is 267 g/mol. The van der Waals surface area contributed by atoms with Crippen LogP contribution in [0.15, 0.2) is 12.1 Å². The van der Waals surface area contributed by atoms with E-state index in [1.807, 2.05) is 6.07 Å². The van der Waals surface area contributed by atoms with Gasteiger partial charge in [0, 0.05) is 7.05 Å². The van der Waals surface area contributed by atoms with E-state index in [9.17, 15) is 13.2 Å². The van der Waals surface area contributed by atoms with Crippen molar-refractivity contribution in [2.45, 2.75) is 24.5 Å². The topological polar surface area (TPSA) is 92.0 Å². The predicted octanol–water partition coefficient (Wildman–Crippen LogP) is 0.509. The largest absolute Gasteiger partial charge is 0.331 e. The molecular formula is C11H13N3O3S. The fourth-order valence-electron chi connectivity index (χ4n) is 1.59. The molecule has 1 heterocycles. The number of sulfonamides is 1. The lowest BCUT2D eigenvalue weighted by atomic mass is 10.4. The van der Waals surface area contributed by atoms with E-state index in [-0.39, 0.29) is 5.69 Å². The number of nitrogens with zero attached hydrogens (tertiary/aromatic N) is 2. The molecule has 0 radical (unpaired) electrons. The standard InChI is InChI=1S/C11H13N3O3S/c1-11(5-6-11)18(16,17)13-10(15)9-4-3-8(7-12)14(9)2/h3-4H,5-6H2,1-2H3,(H,13,15). The Bertz CT molecular complexity index is 648. The van der Waals surface area contributed by atoms with Gasteiger partial charge in [0.1, 0.15) is 17.5 Å². The Hall–Kier alpha value is -1.81. The van der Waals surface area contributed by atoms with E-state index < -0.39 is 20.7 Å². The Morgan fingerprint density at radius 1 is 1.50 bits per heavy atom. The molecule has 0 aliphatic heterocycles. The molecule has 2 rings (SSSR count). The molecule has 1 aromatic heterocycles. The zero-order valence-electron chi connectivity index (χ0n) is 10.1. The van der Waals surface area contributed by atoms with Gasteiger partial charge in [-0.05, 0) is 31.9 Å². The average molecular weight is 267 g/mol. The zero-order chi connectivity index (χ0) is 13.6. The molecule has 6 nitrogen and oxygen atoms in total. The van der Waals surface area contributed by atoms with E-state index in [1.165, 1.54) is 16.7 Å². The third-order valence-electron chi connectivity index (χ3n) is 3.30. The summed E-state index contributed by atoms with van der Waals surface area (Å²) in [6, 6.07) is 4.81. The highest BCUT2D eigenvalue weighted by Crippen LogP contribution is 2.42. The van der Waals surface area contributed by atoms with Gasteiger partial charge in [0.15, 0.2) is 0 Å². The Kier molecular flexibility index (Phi) is 2.70.